The molecule has 0 unspecified atom stereocenters. The first-order valence-corrected chi connectivity index (χ1v) is 4.97. The molecule has 138 valence electrons. The summed E-state index contributed by atoms with van der Waals surface area (Å²) in [6.45, 7) is 0. The van der Waals surface area contributed by atoms with Crippen LogP contribution < -0.4 is 0 Å². The lowest BCUT2D eigenvalue weighted by atomic mass is 10.0. The van der Waals surface area contributed by atoms with E-state index in [0.29, 0.717) is 11.8 Å². The molecule has 0 aliphatic rings. The first kappa shape index (κ1) is 22.2. The van der Waals surface area contributed by atoms with E-state index in [0.717, 1.165) is 0 Å². The number of alkyl halides is 12. The summed E-state index contributed by atoms with van der Waals surface area (Å²) in [5.41, 5.74) is -11.5. The quantitative estimate of drug-likeness (QED) is 0.500. The minimum absolute atomic E-state index is 0.0124. The van der Waals surface area contributed by atoms with Crippen LogP contribution >= 0.6 is 0 Å². The molecule has 14 heteroatoms. The van der Waals surface area contributed by atoms with Crippen LogP contribution in [-0.4, -0.2) is 46.1 Å². The summed E-state index contributed by atoms with van der Waals surface area (Å²) in [4.78, 5) is 0. The molecule has 0 aliphatic carbocycles. The van der Waals surface area contributed by atoms with Gasteiger partial charge in [-0.3, -0.25) is 0 Å². The minimum Gasteiger partial charge on any atom is -0.363 e. The summed E-state index contributed by atoms with van der Waals surface area (Å²) < 4.78 is 145. The van der Waals surface area contributed by atoms with Crippen molar-refractivity contribution in [3.8, 4) is 23.7 Å². The van der Waals surface area contributed by atoms with Crippen LogP contribution in [0, 0.1) is 23.7 Å². The van der Waals surface area contributed by atoms with Gasteiger partial charge in [-0.2, -0.15) is 52.7 Å². The Hall–Kier alpha value is -1.80. The SMILES string of the molecule is OC(C#CC#CC(O)(C(F)(F)F)C(F)(F)F)(C(F)(F)F)C(F)(F)F. The van der Waals surface area contributed by atoms with Gasteiger partial charge in [0.1, 0.15) is 0 Å². The number of aliphatic hydroxyl groups is 2. The number of hydrogen-bond acceptors (Lipinski definition) is 2. The molecule has 0 fully saturated rings. The van der Waals surface area contributed by atoms with E-state index >= 15 is 0 Å². The fourth-order valence-corrected chi connectivity index (χ4v) is 0.848. The van der Waals surface area contributed by atoms with Crippen molar-refractivity contribution < 1.29 is 62.9 Å². The van der Waals surface area contributed by atoms with Crippen molar-refractivity contribution in [2.45, 2.75) is 35.9 Å². The largest absolute Gasteiger partial charge is 0.438 e. The third-order valence-electron chi connectivity index (χ3n) is 2.19. The van der Waals surface area contributed by atoms with Gasteiger partial charge in [0.15, 0.2) is 0 Å². The lowest BCUT2D eigenvalue weighted by molar-refractivity contribution is -0.344. The van der Waals surface area contributed by atoms with Crippen molar-refractivity contribution >= 4 is 0 Å². The van der Waals surface area contributed by atoms with E-state index in [1.165, 1.54) is 0 Å². The topological polar surface area (TPSA) is 40.5 Å². The van der Waals surface area contributed by atoms with Gasteiger partial charge in [-0.15, -0.1) is 0 Å². The van der Waals surface area contributed by atoms with Crippen molar-refractivity contribution in [3.63, 3.8) is 0 Å². The summed E-state index contributed by atoms with van der Waals surface area (Å²) in [5.74, 6) is 0.731. The van der Waals surface area contributed by atoms with Gasteiger partial charge in [0.05, 0.1) is 0 Å². The molecule has 0 aliphatic heterocycles. The van der Waals surface area contributed by atoms with Gasteiger partial charge in [0.2, 0.25) is 0 Å². The molecular weight excluding hydrogens is 380 g/mol. The Kier molecular flexibility index (Phi) is 5.48. The standard InChI is InChI=1S/C10H2F12O2/c11-7(12,13)5(23,8(14,15)16)3-1-2-4-6(24,9(17,18)19)10(20,21)22/h23-24H. The second kappa shape index (κ2) is 5.93. The summed E-state index contributed by atoms with van der Waals surface area (Å²) in [6.07, 6.45) is -25.9. The second-order valence-electron chi connectivity index (χ2n) is 3.91. The molecule has 0 rings (SSSR count). The van der Waals surface area contributed by atoms with Gasteiger partial charge in [-0.25, -0.2) is 0 Å². The summed E-state index contributed by atoms with van der Waals surface area (Å²) in [6, 6.07) is 0. The molecule has 0 saturated heterocycles. The molecule has 0 aromatic rings. The molecule has 0 spiro atoms. The highest BCUT2D eigenvalue weighted by molar-refractivity contribution is 5.36. The van der Waals surface area contributed by atoms with E-state index in [1.807, 2.05) is 0 Å². The monoisotopic (exact) mass is 382 g/mol. The van der Waals surface area contributed by atoms with Crippen LogP contribution in [0.5, 0.6) is 0 Å². The number of hydrogen-bond donors (Lipinski definition) is 2. The predicted molar refractivity (Wildman–Crippen MR) is 49.7 cm³/mol. The molecular formula is C10H2F12O2. The van der Waals surface area contributed by atoms with Crippen LogP contribution in [0.1, 0.15) is 0 Å². The zero-order valence-corrected chi connectivity index (χ0v) is 10.4. The van der Waals surface area contributed by atoms with E-state index in [2.05, 4.69) is 0 Å². The molecule has 0 aromatic carbocycles. The van der Waals surface area contributed by atoms with Crippen LogP contribution in [-0.2, 0) is 0 Å². The van der Waals surface area contributed by atoms with E-state index in [-0.39, 0.29) is 11.8 Å². The average molecular weight is 382 g/mol. The fourth-order valence-electron chi connectivity index (χ4n) is 0.848. The molecule has 0 bridgehead atoms. The Balaban J connectivity index is 6.05. The fraction of sp³-hybridized carbons (Fsp3) is 0.600. The normalized spacial score (nSPS) is 14.4. The minimum atomic E-state index is -6.48. The van der Waals surface area contributed by atoms with E-state index < -0.39 is 35.9 Å². The first-order chi connectivity index (χ1) is 10.2. The lowest BCUT2D eigenvalue weighted by Gasteiger charge is -2.27. The maximum absolute atomic E-state index is 12.1. The predicted octanol–water partition coefficient (Wildman–Crippen LogP) is 2.70. The Labute approximate surface area is 124 Å². The van der Waals surface area contributed by atoms with Gasteiger partial charge in [0.25, 0.3) is 0 Å². The molecule has 0 amide bonds. The highest BCUT2D eigenvalue weighted by atomic mass is 19.4. The Bertz CT molecular complexity index is 501. The highest BCUT2D eigenvalue weighted by Gasteiger charge is 2.71. The molecule has 0 radical (unpaired) electrons. The smallest absolute Gasteiger partial charge is 0.363 e. The van der Waals surface area contributed by atoms with Crippen LogP contribution in [0.2, 0.25) is 0 Å². The zero-order valence-electron chi connectivity index (χ0n) is 10.4. The van der Waals surface area contributed by atoms with Crippen molar-refractivity contribution in [3.05, 3.63) is 0 Å². The Morgan fingerprint density at radius 3 is 0.708 bits per heavy atom. The molecule has 24 heavy (non-hydrogen) atoms. The van der Waals surface area contributed by atoms with E-state index in [4.69, 9.17) is 10.2 Å². The lowest BCUT2D eigenvalue weighted by Crippen LogP contribution is -2.56. The molecule has 0 heterocycles. The van der Waals surface area contributed by atoms with E-state index in [1.54, 1.807) is 0 Å². The Morgan fingerprint density at radius 1 is 0.417 bits per heavy atom. The molecule has 2 N–H and O–H groups in total. The molecule has 0 aromatic heterocycles. The first-order valence-electron chi connectivity index (χ1n) is 4.97. The number of halogens is 12. The van der Waals surface area contributed by atoms with Crippen molar-refractivity contribution in [2.75, 3.05) is 0 Å². The van der Waals surface area contributed by atoms with Crippen LogP contribution in [0.25, 0.3) is 0 Å². The van der Waals surface area contributed by atoms with Crippen molar-refractivity contribution in [2.24, 2.45) is 0 Å². The average Bonchev–Trinajstić information content (AvgIpc) is 2.28. The third-order valence-corrected chi connectivity index (χ3v) is 2.19. The maximum Gasteiger partial charge on any atom is 0.438 e. The third kappa shape index (κ3) is 3.99. The van der Waals surface area contributed by atoms with Gasteiger partial charge in [-0.05, 0) is 23.7 Å². The highest BCUT2D eigenvalue weighted by Crippen LogP contribution is 2.43. The number of rotatable bonds is 0. The summed E-state index contributed by atoms with van der Waals surface area (Å²) in [5, 5.41) is 16.9. The van der Waals surface area contributed by atoms with Gasteiger partial charge < -0.3 is 10.2 Å². The van der Waals surface area contributed by atoms with Crippen molar-refractivity contribution in [1.82, 2.24) is 0 Å². The molecule has 0 atom stereocenters. The van der Waals surface area contributed by atoms with Gasteiger partial charge in [-0.1, -0.05) is 0 Å². The van der Waals surface area contributed by atoms with Crippen LogP contribution in [0.15, 0.2) is 0 Å². The second-order valence-corrected chi connectivity index (χ2v) is 3.91. The zero-order chi connectivity index (χ0) is 19.8. The summed E-state index contributed by atoms with van der Waals surface area (Å²) in [7, 11) is 0. The maximum atomic E-state index is 12.1. The molecule has 2 nitrogen and oxygen atoms in total. The van der Waals surface area contributed by atoms with Gasteiger partial charge in [0, 0.05) is 0 Å². The van der Waals surface area contributed by atoms with E-state index in [9.17, 15) is 52.7 Å². The van der Waals surface area contributed by atoms with Crippen LogP contribution in [0.3, 0.4) is 0 Å². The van der Waals surface area contributed by atoms with Crippen molar-refractivity contribution in [1.29, 1.82) is 0 Å². The Morgan fingerprint density at radius 2 is 0.583 bits per heavy atom. The molecule has 0 saturated carbocycles. The van der Waals surface area contributed by atoms with Crippen LogP contribution in [0.4, 0.5) is 52.7 Å². The summed E-state index contributed by atoms with van der Waals surface area (Å²) >= 11 is 0. The van der Waals surface area contributed by atoms with Gasteiger partial charge >= 0.3 is 35.9 Å².